The van der Waals surface area contributed by atoms with Crippen LogP contribution in [-0.4, -0.2) is 33.0 Å². The second kappa shape index (κ2) is 9.79. The minimum absolute atomic E-state index is 0.268. The van der Waals surface area contributed by atoms with Crippen LogP contribution in [0.2, 0.25) is 0 Å². The maximum Gasteiger partial charge on any atom is 0.193 e. The molecule has 160 valence electrons. The highest BCUT2D eigenvalue weighted by molar-refractivity contribution is 6.02. The van der Waals surface area contributed by atoms with Crippen LogP contribution < -0.4 is 0 Å². The number of aliphatic hydroxyl groups is 2. The van der Waals surface area contributed by atoms with E-state index in [-0.39, 0.29) is 11.6 Å². The molecule has 0 fully saturated rings. The largest absolute Gasteiger partial charge is 0.382 e. The Balaban J connectivity index is 0.000000300. The van der Waals surface area contributed by atoms with Crippen molar-refractivity contribution in [3.63, 3.8) is 0 Å². The summed E-state index contributed by atoms with van der Waals surface area (Å²) in [7, 11) is 0. The number of carbonyl (C=O) groups is 2. The Hall–Kier alpha value is -2.82. The van der Waals surface area contributed by atoms with Crippen molar-refractivity contribution in [2.45, 2.75) is 52.7 Å². The van der Waals surface area contributed by atoms with Crippen molar-refractivity contribution in [1.82, 2.24) is 0 Å². The van der Waals surface area contributed by atoms with E-state index in [0.29, 0.717) is 11.1 Å². The summed E-state index contributed by atoms with van der Waals surface area (Å²) in [6.07, 6.45) is 0. The number of rotatable bonds is 6. The van der Waals surface area contributed by atoms with Gasteiger partial charge in [-0.3, -0.25) is 9.59 Å². The molecule has 2 aromatic carbocycles. The van der Waals surface area contributed by atoms with E-state index in [1.54, 1.807) is 24.3 Å². The van der Waals surface area contributed by atoms with E-state index in [4.69, 9.17) is 0 Å². The second-order valence-electron chi connectivity index (χ2n) is 8.49. The van der Waals surface area contributed by atoms with E-state index in [1.807, 2.05) is 38.1 Å². The molecule has 0 aliphatic carbocycles. The average molecular weight is 409 g/mol. The summed E-state index contributed by atoms with van der Waals surface area (Å²) in [5, 5.41) is 19.1. The van der Waals surface area contributed by atoms with Gasteiger partial charge < -0.3 is 10.2 Å². The smallest absolute Gasteiger partial charge is 0.193 e. The predicted octanol–water partition coefficient (Wildman–Crippen LogP) is 5.35. The normalized spacial score (nSPS) is 11.2. The molecule has 2 N–H and O–H groups in total. The summed E-state index contributed by atoms with van der Waals surface area (Å²) in [4.78, 5) is 23.3. The first-order valence-electron chi connectivity index (χ1n) is 9.71. The van der Waals surface area contributed by atoms with E-state index < -0.39 is 11.2 Å². The minimum atomic E-state index is -1.31. The molecule has 2 aromatic rings. The Bertz CT molecular complexity index is 839. The SMILES string of the molecule is C=C(C)c1ccc(C(=O)C(C)(C)O)cc1.C=C(C)c1ccc(C(=O)C(C)(C)O)cc1. The topological polar surface area (TPSA) is 74.6 Å². The molecule has 0 amide bonds. The third-order valence-corrected chi connectivity index (χ3v) is 4.39. The van der Waals surface area contributed by atoms with Crippen molar-refractivity contribution in [3.05, 3.63) is 83.9 Å². The monoisotopic (exact) mass is 408 g/mol. The maximum absolute atomic E-state index is 11.7. The molecule has 0 spiro atoms. The molecule has 4 heteroatoms. The highest BCUT2D eigenvalue weighted by atomic mass is 16.3. The molecule has 2 rings (SSSR count). The van der Waals surface area contributed by atoms with E-state index in [2.05, 4.69) is 13.2 Å². The van der Waals surface area contributed by atoms with Crippen LogP contribution in [0.3, 0.4) is 0 Å². The Morgan fingerprint density at radius 3 is 0.967 bits per heavy atom. The maximum atomic E-state index is 11.7. The van der Waals surface area contributed by atoms with Crippen molar-refractivity contribution in [2.24, 2.45) is 0 Å². The fourth-order valence-electron chi connectivity index (χ4n) is 2.52. The van der Waals surface area contributed by atoms with Crippen molar-refractivity contribution in [2.75, 3.05) is 0 Å². The minimum Gasteiger partial charge on any atom is -0.382 e. The summed E-state index contributed by atoms with van der Waals surface area (Å²) in [5.74, 6) is -0.536. The first kappa shape index (κ1) is 25.2. The average Bonchev–Trinajstić information content (AvgIpc) is 2.66. The van der Waals surface area contributed by atoms with Crippen LogP contribution in [-0.2, 0) is 0 Å². The number of ketones is 2. The first-order valence-corrected chi connectivity index (χ1v) is 9.71. The number of allylic oxidation sites excluding steroid dienone is 2. The lowest BCUT2D eigenvalue weighted by atomic mass is 9.95. The van der Waals surface area contributed by atoms with Gasteiger partial charge in [0, 0.05) is 11.1 Å². The van der Waals surface area contributed by atoms with Gasteiger partial charge in [0.1, 0.15) is 11.2 Å². The number of benzene rings is 2. The van der Waals surface area contributed by atoms with Gasteiger partial charge in [0.05, 0.1) is 0 Å². The van der Waals surface area contributed by atoms with E-state index in [9.17, 15) is 19.8 Å². The van der Waals surface area contributed by atoms with Crippen molar-refractivity contribution in [3.8, 4) is 0 Å². The number of carbonyl (C=O) groups excluding carboxylic acids is 2. The molecule has 0 aromatic heterocycles. The van der Waals surface area contributed by atoms with Gasteiger partial charge in [0.25, 0.3) is 0 Å². The summed E-state index contributed by atoms with van der Waals surface area (Å²) >= 11 is 0. The number of hydrogen-bond acceptors (Lipinski definition) is 4. The Morgan fingerprint density at radius 1 is 0.600 bits per heavy atom. The molecule has 0 radical (unpaired) electrons. The fraction of sp³-hybridized carbons (Fsp3) is 0.308. The van der Waals surface area contributed by atoms with Gasteiger partial charge in [-0.1, -0.05) is 72.8 Å². The van der Waals surface area contributed by atoms with Crippen LogP contribution >= 0.6 is 0 Å². The standard InChI is InChI=1S/2C13H16O2/c2*1-9(2)10-5-7-11(8-6-10)12(14)13(3,4)15/h2*5-8,15H,1H2,2-4H3. The number of hydrogen-bond donors (Lipinski definition) is 2. The lowest BCUT2D eigenvalue weighted by molar-refractivity contribution is 0.0487. The molecule has 0 unspecified atom stereocenters. The van der Waals surface area contributed by atoms with Gasteiger partial charge in [0.2, 0.25) is 0 Å². The lowest BCUT2D eigenvalue weighted by Crippen LogP contribution is -2.31. The van der Waals surface area contributed by atoms with E-state index >= 15 is 0 Å². The predicted molar refractivity (Wildman–Crippen MR) is 124 cm³/mol. The van der Waals surface area contributed by atoms with Gasteiger partial charge in [-0.15, -0.1) is 0 Å². The molecular weight excluding hydrogens is 376 g/mol. The number of Topliss-reactive ketones (excluding diaryl/α,β-unsaturated/α-hetero) is 2. The van der Waals surface area contributed by atoms with Crippen LogP contribution in [0.1, 0.15) is 73.4 Å². The molecule has 0 saturated heterocycles. The molecule has 0 saturated carbocycles. The Kier molecular flexibility index (Phi) is 8.23. The summed E-state index contributed by atoms with van der Waals surface area (Å²) in [5.41, 5.74) is 2.33. The van der Waals surface area contributed by atoms with Crippen molar-refractivity contribution in [1.29, 1.82) is 0 Å². The molecule has 0 aliphatic heterocycles. The van der Waals surface area contributed by atoms with Gasteiger partial charge in [-0.2, -0.15) is 0 Å². The summed E-state index contributed by atoms with van der Waals surface area (Å²) in [6.45, 7) is 17.4. The van der Waals surface area contributed by atoms with E-state index in [0.717, 1.165) is 22.3 Å². The van der Waals surface area contributed by atoms with Gasteiger partial charge >= 0.3 is 0 Å². The molecular formula is C26H32O4. The van der Waals surface area contributed by atoms with Gasteiger partial charge in [-0.05, 0) is 52.7 Å². The van der Waals surface area contributed by atoms with Crippen LogP contribution in [0.5, 0.6) is 0 Å². The Morgan fingerprint density at radius 2 is 0.800 bits per heavy atom. The molecule has 4 nitrogen and oxygen atoms in total. The zero-order chi connectivity index (χ0) is 23.3. The molecule has 0 heterocycles. The third kappa shape index (κ3) is 7.21. The fourth-order valence-corrected chi connectivity index (χ4v) is 2.52. The van der Waals surface area contributed by atoms with Crippen LogP contribution in [0.4, 0.5) is 0 Å². The summed E-state index contributed by atoms with van der Waals surface area (Å²) in [6, 6.07) is 14.2. The molecule has 30 heavy (non-hydrogen) atoms. The van der Waals surface area contributed by atoms with Crippen LogP contribution in [0.25, 0.3) is 11.1 Å². The third-order valence-electron chi connectivity index (χ3n) is 4.39. The molecule has 0 atom stereocenters. The Labute approximate surface area is 179 Å². The zero-order valence-electron chi connectivity index (χ0n) is 18.7. The van der Waals surface area contributed by atoms with Crippen LogP contribution in [0.15, 0.2) is 61.7 Å². The molecule has 0 aliphatic rings. The first-order chi connectivity index (χ1) is 13.6. The lowest BCUT2D eigenvalue weighted by Gasteiger charge is -2.15. The van der Waals surface area contributed by atoms with E-state index in [1.165, 1.54) is 27.7 Å². The zero-order valence-corrected chi connectivity index (χ0v) is 18.7. The van der Waals surface area contributed by atoms with Crippen molar-refractivity contribution >= 4 is 22.7 Å². The quantitative estimate of drug-likeness (QED) is 0.632. The second-order valence-corrected chi connectivity index (χ2v) is 8.49. The summed E-state index contributed by atoms with van der Waals surface area (Å²) < 4.78 is 0. The molecule has 0 bridgehead atoms. The van der Waals surface area contributed by atoms with Gasteiger partial charge in [-0.25, -0.2) is 0 Å². The van der Waals surface area contributed by atoms with Crippen molar-refractivity contribution < 1.29 is 19.8 Å². The van der Waals surface area contributed by atoms with Crippen LogP contribution in [0, 0.1) is 0 Å². The van der Waals surface area contributed by atoms with Gasteiger partial charge in [0.15, 0.2) is 11.6 Å². The highest BCUT2D eigenvalue weighted by Gasteiger charge is 2.25. The highest BCUT2D eigenvalue weighted by Crippen LogP contribution is 2.17.